The predicted molar refractivity (Wildman–Crippen MR) is 143 cm³/mol. The second-order valence-electron chi connectivity index (χ2n) is 9.72. The fourth-order valence-electron chi connectivity index (χ4n) is 4.27. The quantitative estimate of drug-likeness (QED) is 0.0765. The smallest absolute Gasteiger partial charge is 0.351 e. The molecule has 0 aliphatic carbocycles. The summed E-state index contributed by atoms with van der Waals surface area (Å²) >= 11 is 0. The standard InChI is InChI=1S/C26H50N2O9S/c1-2-3-4-5-6-7-8-9-10-11-12-13-14-15-16-17-24(31)28(18-20-29)19-21-36-26(23-30,22-25(32)33)38(34,35)37-27/h23,29H,2-22H2,1,27H3/p+1. The van der Waals surface area contributed by atoms with Crippen LogP contribution in [-0.2, 0) is 33.5 Å². The van der Waals surface area contributed by atoms with E-state index in [0.717, 1.165) is 19.3 Å². The molecule has 0 bridgehead atoms. The third-order valence-electron chi connectivity index (χ3n) is 6.58. The first-order chi connectivity index (χ1) is 18.2. The molecule has 0 aromatic carbocycles. The second kappa shape index (κ2) is 22.2. The van der Waals surface area contributed by atoms with Gasteiger partial charge in [-0.1, -0.05) is 101 Å². The number of nitrogens with zero attached hydrogens (tertiary/aromatic N) is 1. The van der Waals surface area contributed by atoms with Crippen LogP contribution in [0.4, 0.5) is 0 Å². The highest BCUT2D eigenvalue weighted by atomic mass is 32.2. The maximum atomic E-state index is 12.6. The Balaban J connectivity index is 4.20. The largest absolute Gasteiger partial charge is 0.481 e. The maximum Gasteiger partial charge on any atom is 0.351 e. The van der Waals surface area contributed by atoms with Gasteiger partial charge in [-0.05, 0) is 6.42 Å². The van der Waals surface area contributed by atoms with Crippen molar-refractivity contribution in [1.29, 1.82) is 0 Å². The normalized spacial score (nSPS) is 13.2. The molecule has 0 aliphatic rings. The Bertz CT molecular complexity index is 749. The topological polar surface area (TPSA) is 175 Å². The van der Waals surface area contributed by atoms with Crippen LogP contribution in [0.2, 0.25) is 0 Å². The summed E-state index contributed by atoms with van der Waals surface area (Å²) in [6.45, 7) is 1.37. The number of aliphatic hydroxyl groups excluding tert-OH is 1. The number of quaternary nitrogens is 1. The fraction of sp³-hybridized carbons (Fsp3) is 0.885. The molecular formula is C26H51N2O9S+. The van der Waals surface area contributed by atoms with Gasteiger partial charge in [-0.15, -0.1) is 0 Å². The van der Waals surface area contributed by atoms with Gasteiger partial charge in [0.05, 0.1) is 19.6 Å². The lowest BCUT2D eigenvalue weighted by Gasteiger charge is -2.26. The number of aldehydes is 1. The highest BCUT2D eigenvalue weighted by Gasteiger charge is 2.50. The minimum atomic E-state index is -4.77. The Hall–Kier alpha value is -1.60. The third-order valence-corrected chi connectivity index (χ3v) is 8.09. The minimum absolute atomic E-state index is 0.00648. The van der Waals surface area contributed by atoms with E-state index in [1.165, 1.54) is 75.5 Å². The van der Waals surface area contributed by atoms with Crippen molar-refractivity contribution in [3.8, 4) is 0 Å². The van der Waals surface area contributed by atoms with Crippen molar-refractivity contribution >= 4 is 28.3 Å². The van der Waals surface area contributed by atoms with Crippen molar-refractivity contribution in [1.82, 2.24) is 4.90 Å². The SMILES string of the molecule is CCCCCCCCCCCCCCCCCC(=O)N(CCO)CCOC(C=O)(CC(=O)O)S(=O)(=O)O[NH3+]. The molecule has 0 spiro atoms. The fourth-order valence-corrected chi connectivity index (χ4v) is 5.12. The van der Waals surface area contributed by atoms with Crippen LogP contribution < -0.4 is 5.90 Å². The first-order valence-electron chi connectivity index (χ1n) is 14.1. The summed E-state index contributed by atoms with van der Waals surface area (Å²) < 4.78 is 33.3. The molecule has 11 nitrogen and oxygen atoms in total. The monoisotopic (exact) mass is 567 g/mol. The number of unbranched alkanes of at least 4 members (excludes halogenated alkanes) is 14. The number of hydrogen-bond acceptors (Lipinski definition) is 8. The summed E-state index contributed by atoms with van der Waals surface area (Å²) in [6, 6.07) is 0. The Morgan fingerprint density at radius 3 is 1.74 bits per heavy atom. The van der Waals surface area contributed by atoms with Crippen molar-refractivity contribution in [2.45, 2.75) is 121 Å². The van der Waals surface area contributed by atoms with Gasteiger partial charge in [0.2, 0.25) is 5.91 Å². The Morgan fingerprint density at radius 1 is 0.868 bits per heavy atom. The number of ether oxygens (including phenoxy) is 1. The molecule has 0 aromatic rings. The first kappa shape index (κ1) is 36.4. The molecule has 0 aliphatic heterocycles. The molecule has 5 N–H and O–H groups in total. The van der Waals surface area contributed by atoms with Gasteiger partial charge >= 0.3 is 16.1 Å². The number of hydrogen-bond donors (Lipinski definition) is 3. The van der Waals surface area contributed by atoms with Gasteiger partial charge in [-0.2, -0.15) is 14.3 Å². The van der Waals surface area contributed by atoms with Crippen LogP contribution in [0.3, 0.4) is 0 Å². The molecule has 224 valence electrons. The van der Waals surface area contributed by atoms with E-state index in [-0.39, 0.29) is 38.3 Å². The van der Waals surface area contributed by atoms with Crippen molar-refractivity contribution in [3.63, 3.8) is 0 Å². The lowest BCUT2D eigenvalue weighted by molar-refractivity contribution is -0.635. The zero-order valence-corrected chi connectivity index (χ0v) is 24.1. The molecular weight excluding hydrogens is 516 g/mol. The van der Waals surface area contributed by atoms with E-state index in [2.05, 4.69) is 17.1 Å². The lowest BCUT2D eigenvalue weighted by atomic mass is 10.0. The van der Waals surface area contributed by atoms with Crippen LogP contribution >= 0.6 is 0 Å². The highest BCUT2D eigenvalue weighted by Crippen LogP contribution is 2.22. The van der Waals surface area contributed by atoms with Crippen molar-refractivity contribution in [2.75, 3.05) is 26.3 Å². The summed E-state index contributed by atoms with van der Waals surface area (Å²) in [5, 5.41) is 18.3. The average Bonchev–Trinajstić information content (AvgIpc) is 2.89. The highest BCUT2D eigenvalue weighted by molar-refractivity contribution is 7.88. The summed E-state index contributed by atoms with van der Waals surface area (Å²) in [7, 11) is -4.77. The summed E-state index contributed by atoms with van der Waals surface area (Å²) in [4.78, 5) is 33.7. The number of rotatable bonds is 27. The summed E-state index contributed by atoms with van der Waals surface area (Å²) in [6.07, 6.45) is 17.2. The minimum Gasteiger partial charge on any atom is -0.481 e. The second-order valence-corrected chi connectivity index (χ2v) is 11.6. The molecule has 0 radical (unpaired) electrons. The lowest BCUT2D eigenvalue weighted by Crippen LogP contribution is -2.59. The molecule has 0 saturated carbocycles. The Kier molecular flexibility index (Phi) is 21.3. The molecule has 1 amide bonds. The summed E-state index contributed by atoms with van der Waals surface area (Å²) in [5.41, 5.74) is 0. The van der Waals surface area contributed by atoms with Crippen molar-refractivity contribution in [3.05, 3.63) is 0 Å². The molecule has 0 heterocycles. The number of carboxylic acid groups (broad SMARTS) is 1. The van der Waals surface area contributed by atoms with Gasteiger partial charge < -0.3 is 19.8 Å². The number of carboxylic acids is 1. The van der Waals surface area contributed by atoms with Crippen LogP contribution in [0.15, 0.2) is 0 Å². The van der Waals surface area contributed by atoms with Gasteiger partial charge in [0.1, 0.15) is 0 Å². The number of aliphatic carboxylic acids is 1. The number of aliphatic hydroxyl groups is 1. The predicted octanol–water partition coefficient (Wildman–Crippen LogP) is 2.96. The average molecular weight is 568 g/mol. The number of amides is 1. The molecule has 38 heavy (non-hydrogen) atoms. The first-order valence-corrected chi connectivity index (χ1v) is 15.5. The van der Waals surface area contributed by atoms with E-state index in [1.54, 1.807) is 0 Å². The summed E-state index contributed by atoms with van der Waals surface area (Å²) in [5.74, 6) is 0.931. The zero-order valence-electron chi connectivity index (χ0n) is 23.2. The molecule has 1 atom stereocenters. The molecule has 12 heteroatoms. The van der Waals surface area contributed by atoms with Crippen LogP contribution in [0.1, 0.15) is 116 Å². The van der Waals surface area contributed by atoms with Crippen molar-refractivity contribution in [2.24, 2.45) is 0 Å². The molecule has 0 rings (SSSR count). The molecule has 0 fully saturated rings. The van der Waals surface area contributed by atoms with E-state index >= 15 is 0 Å². The van der Waals surface area contributed by atoms with Gasteiger partial charge in [0, 0.05) is 19.5 Å². The molecule has 0 saturated heterocycles. The molecule has 0 aromatic heterocycles. The van der Waals surface area contributed by atoms with Crippen LogP contribution in [0, 0.1) is 0 Å². The van der Waals surface area contributed by atoms with Crippen molar-refractivity contribution < 1.29 is 47.9 Å². The van der Waals surface area contributed by atoms with Crippen LogP contribution in [0.5, 0.6) is 0 Å². The van der Waals surface area contributed by atoms with E-state index in [4.69, 9.17) is 9.84 Å². The van der Waals surface area contributed by atoms with Crippen LogP contribution in [0.25, 0.3) is 0 Å². The molecule has 1 unspecified atom stereocenters. The number of carbonyl (C=O) groups excluding carboxylic acids is 2. The van der Waals surface area contributed by atoms with E-state index < -0.39 is 34.0 Å². The Labute approximate surface area is 228 Å². The van der Waals surface area contributed by atoms with Gasteiger partial charge in [-0.3, -0.25) is 14.4 Å². The number of carbonyl (C=O) groups is 3. The van der Waals surface area contributed by atoms with E-state index in [9.17, 15) is 27.9 Å². The maximum absolute atomic E-state index is 12.6. The Morgan fingerprint density at radius 2 is 1.34 bits per heavy atom. The van der Waals surface area contributed by atoms with Crippen LogP contribution in [-0.4, -0.2) is 72.9 Å². The van der Waals surface area contributed by atoms with E-state index in [0.29, 0.717) is 6.42 Å². The van der Waals surface area contributed by atoms with Gasteiger partial charge in [0.15, 0.2) is 6.29 Å². The van der Waals surface area contributed by atoms with E-state index in [1.807, 2.05) is 0 Å². The zero-order chi connectivity index (χ0) is 28.7. The third kappa shape index (κ3) is 15.7. The van der Waals surface area contributed by atoms with Gasteiger partial charge in [-0.25, -0.2) is 0 Å². The van der Waals surface area contributed by atoms with Gasteiger partial charge in [0.25, 0.3) is 4.93 Å².